The van der Waals surface area contributed by atoms with Crippen LogP contribution in [-0.2, 0) is 22.5 Å². The zero-order valence-corrected chi connectivity index (χ0v) is 18.0. The Kier molecular flexibility index (Phi) is 6.24. The van der Waals surface area contributed by atoms with Crippen LogP contribution in [0.3, 0.4) is 0 Å². The summed E-state index contributed by atoms with van der Waals surface area (Å²) in [6.45, 7) is 1.33. The molecule has 4 rings (SSSR count). The van der Waals surface area contributed by atoms with Gasteiger partial charge in [0.2, 0.25) is 11.9 Å². The lowest BCUT2D eigenvalue weighted by atomic mass is 10.2. The zero-order chi connectivity index (χ0) is 21.1. The van der Waals surface area contributed by atoms with E-state index < -0.39 is 0 Å². The van der Waals surface area contributed by atoms with Crippen LogP contribution in [0.4, 0.5) is 11.9 Å². The van der Waals surface area contributed by atoms with Crippen molar-refractivity contribution in [2.24, 2.45) is 5.92 Å². The largest absolute Gasteiger partial charge is 0.469 e. The van der Waals surface area contributed by atoms with Crippen molar-refractivity contribution < 1.29 is 9.53 Å². The molecule has 0 bridgehead atoms. The third-order valence-corrected chi connectivity index (χ3v) is 5.69. The molecule has 1 fully saturated rings. The van der Waals surface area contributed by atoms with Crippen LogP contribution in [0, 0.1) is 5.92 Å². The van der Waals surface area contributed by atoms with Gasteiger partial charge in [-0.2, -0.15) is 19.6 Å². The number of anilines is 2. The number of nitrogens with one attached hydrogen (secondary N) is 2. The number of hydrogen-bond donors (Lipinski definition) is 2. The lowest BCUT2D eigenvalue weighted by molar-refractivity contribution is -0.140. The minimum atomic E-state index is -0.270. The Bertz CT molecular complexity index is 1070. The number of aromatic nitrogens is 4. The molecule has 2 aromatic heterocycles. The van der Waals surface area contributed by atoms with Gasteiger partial charge in [-0.25, -0.2) is 0 Å². The van der Waals surface area contributed by atoms with Crippen molar-refractivity contribution in [3.05, 3.63) is 45.6 Å². The monoisotopic (exact) mass is 448 g/mol. The van der Waals surface area contributed by atoms with Crippen molar-refractivity contribution in [3.8, 4) is 0 Å². The van der Waals surface area contributed by atoms with Gasteiger partial charge in [-0.3, -0.25) is 4.79 Å². The molecule has 1 saturated carbocycles. The standard InChI is InChI=1S/C20H22Cl2N6O2/c1-30-17(29)7-5-14-11-25-28-18(14)26-19(23-9-12-2-3-12)27-20(28)24-10-13-4-6-15(21)16(22)8-13/h4,6,8,11-12H,2-3,5,7,9-10H2,1H3,(H2,23,24,26,27). The van der Waals surface area contributed by atoms with Crippen LogP contribution in [-0.4, -0.2) is 39.2 Å². The van der Waals surface area contributed by atoms with Crippen LogP contribution in [0.15, 0.2) is 24.4 Å². The predicted octanol–water partition coefficient (Wildman–Crippen LogP) is 3.97. The van der Waals surface area contributed by atoms with Gasteiger partial charge in [0.05, 0.1) is 23.4 Å². The molecule has 1 aliphatic carbocycles. The van der Waals surface area contributed by atoms with E-state index in [2.05, 4.69) is 25.7 Å². The quantitative estimate of drug-likeness (QED) is 0.478. The van der Waals surface area contributed by atoms with Crippen LogP contribution in [0.1, 0.15) is 30.4 Å². The van der Waals surface area contributed by atoms with Gasteiger partial charge in [0.15, 0.2) is 5.65 Å². The van der Waals surface area contributed by atoms with E-state index >= 15 is 0 Å². The predicted molar refractivity (Wildman–Crippen MR) is 116 cm³/mol. The SMILES string of the molecule is COC(=O)CCc1cnn2c(NCc3ccc(Cl)c(Cl)c3)nc(NCC3CC3)nc12. The Morgan fingerprint density at radius 2 is 2.07 bits per heavy atom. The number of esters is 1. The highest BCUT2D eigenvalue weighted by atomic mass is 35.5. The molecule has 0 aliphatic heterocycles. The van der Waals surface area contributed by atoms with Gasteiger partial charge in [0.1, 0.15) is 0 Å². The van der Waals surface area contributed by atoms with Crippen LogP contribution in [0.2, 0.25) is 10.0 Å². The van der Waals surface area contributed by atoms with E-state index in [1.165, 1.54) is 20.0 Å². The van der Waals surface area contributed by atoms with Crippen molar-refractivity contribution in [3.63, 3.8) is 0 Å². The van der Waals surface area contributed by atoms with Gasteiger partial charge < -0.3 is 15.4 Å². The lowest BCUT2D eigenvalue weighted by Crippen LogP contribution is -2.13. The number of nitrogens with zero attached hydrogens (tertiary/aromatic N) is 4. The molecule has 158 valence electrons. The number of carbonyl (C=O) groups is 1. The number of methoxy groups -OCH3 is 1. The Labute approximate surface area is 183 Å². The molecule has 0 unspecified atom stereocenters. The van der Waals surface area contributed by atoms with Crippen molar-refractivity contribution >= 4 is 46.7 Å². The van der Waals surface area contributed by atoms with Gasteiger partial charge in [0, 0.05) is 25.1 Å². The molecule has 2 N–H and O–H groups in total. The molecule has 1 aliphatic rings. The number of benzene rings is 1. The third kappa shape index (κ3) is 4.94. The van der Waals surface area contributed by atoms with E-state index in [-0.39, 0.29) is 12.4 Å². The van der Waals surface area contributed by atoms with Crippen LogP contribution in [0.25, 0.3) is 5.65 Å². The highest BCUT2D eigenvalue weighted by Gasteiger charge is 2.22. The average molecular weight is 449 g/mol. The normalized spacial score (nSPS) is 13.4. The molecule has 3 aromatic rings. The number of carbonyl (C=O) groups excluding carboxylic acids is 1. The molecule has 0 radical (unpaired) electrons. The fourth-order valence-corrected chi connectivity index (χ4v) is 3.34. The Balaban J connectivity index is 1.59. The summed E-state index contributed by atoms with van der Waals surface area (Å²) in [5.74, 6) is 1.49. The molecule has 0 spiro atoms. The summed E-state index contributed by atoms with van der Waals surface area (Å²) >= 11 is 12.1. The summed E-state index contributed by atoms with van der Waals surface area (Å²) in [7, 11) is 1.38. The molecule has 10 heteroatoms. The second-order valence-corrected chi connectivity index (χ2v) is 8.09. The minimum absolute atomic E-state index is 0.263. The summed E-state index contributed by atoms with van der Waals surface area (Å²) in [5, 5.41) is 12.0. The number of rotatable bonds is 9. The lowest BCUT2D eigenvalue weighted by Gasteiger charge is -2.11. The average Bonchev–Trinajstić information content (AvgIpc) is 3.49. The van der Waals surface area contributed by atoms with E-state index in [1.54, 1.807) is 16.8 Å². The number of ether oxygens (including phenoxy) is 1. The van der Waals surface area contributed by atoms with Crippen molar-refractivity contribution in [1.29, 1.82) is 0 Å². The summed E-state index contributed by atoms with van der Waals surface area (Å²) in [4.78, 5) is 20.8. The van der Waals surface area contributed by atoms with Gasteiger partial charge in [0.25, 0.3) is 0 Å². The molecule has 2 heterocycles. The third-order valence-electron chi connectivity index (χ3n) is 4.95. The van der Waals surface area contributed by atoms with Gasteiger partial charge >= 0.3 is 5.97 Å². The molecule has 0 amide bonds. The molecular weight excluding hydrogens is 427 g/mol. The number of fused-ring (bicyclic) bond motifs is 1. The van der Waals surface area contributed by atoms with E-state index in [4.69, 9.17) is 27.9 Å². The van der Waals surface area contributed by atoms with E-state index in [9.17, 15) is 4.79 Å². The van der Waals surface area contributed by atoms with E-state index in [1.807, 2.05) is 12.1 Å². The first-order chi connectivity index (χ1) is 14.5. The summed E-state index contributed by atoms with van der Waals surface area (Å²) in [6.07, 6.45) is 4.92. The van der Waals surface area contributed by atoms with Crippen molar-refractivity contribution in [1.82, 2.24) is 19.6 Å². The van der Waals surface area contributed by atoms with Crippen LogP contribution in [0.5, 0.6) is 0 Å². The Hall–Kier alpha value is -2.58. The van der Waals surface area contributed by atoms with E-state index in [0.29, 0.717) is 46.5 Å². The number of halogens is 2. The fourth-order valence-electron chi connectivity index (χ4n) is 3.02. The summed E-state index contributed by atoms with van der Waals surface area (Å²) < 4.78 is 6.39. The fraction of sp³-hybridized carbons (Fsp3) is 0.400. The van der Waals surface area contributed by atoms with E-state index in [0.717, 1.165) is 17.7 Å². The first kappa shape index (κ1) is 20.7. The smallest absolute Gasteiger partial charge is 0.305 e. The van der Waals surface area contributed by atoms with Gasteiger partial charge in [-0.05, 0) is 42.9 Å². The highest BCUT2D eigenvalue weighted by Crippen LogP contribution is 2.29. The molecule has 1 aromatic carbocycles. The first-order valence-electron chi connectivity index (χ1n) is 9.76. The Morgan fingerprint density at radius 1 is 1.23 bits per heavy atom. The summed E-state index contributed by atoms with van der Waals surface area (Å²) in [5.41, 5.74) is 2.47. The first-order valence-corrected chi connectivity index (χ1v) is 10.5. The van der Waals surface area contributed by atoms with Crippen LogP contribution < -0.4 is 10.6 Å². The second kappa shape index (κ2) is 9.06. The van der Waals surface area contributed by atoms with Crippen molar-refractivity contribution in [2.45, 2.75) is 32.2 Å². The molecule has 0 saturated heterocycles. The van der Waals surface area contributed by atoms with Crippen LogP contribution >= 0.6 is 23.2 Å². The summed E-state index contributed by atoms with van der Waals surface area (Å²) in [6, 6.07) is 5.47. The number of aryl methyl sites for hydroxylation is 1. The Morgan fingerprint density at radius 3 is 2.80 bits per heavy atom. The maximum Gasteiger partial charge on any atom is 0.305 e. The highest BCUT2D eigenvalue weighted by molar-refractivity contribution is 6.42. The van der Waals surface area contributed by atoms with Crippen molar-refractivity contribution in [2.75, 3.05) is 24.3 Å². The van der Waals surface area contributed by atoms with Gasteiger partial charge in [-0.15, -0.1) is 0 Å². The zero-order valence-electron chi connectivity index (χ0n) is 16.5. The number of hydrogen-bond acceptors (Lipinski definition) is 7. The maximum atomic E-state index is 11.5. The molecule has 8 nitrogen and oxygen atoms in total. The topological polar surface area (TPSA) is 93.4 Å². The maximum absolute atomic E-state index is 11.5. The molecule has 30 heavy (non-hydrogen) atoms. The minimum Gasteiger partial charge on any atom is -0.469 e. The molecule has 0 atom stereocenters. The second-order valence-electron chi connectivity index (χ2n) is 7.28. The van der Waals surface area contributed by atoms with Gasteiger partial charge in [-0.1, -0.05) is 29.3 Å². The molecular formula is C20H22Cl2N6O2.